The maximum atomic E-state index is 12.7. The van der Waals surface area contributed by atoms with Crippen LogP contribution in [-0.2, 0) is 9.53 Å². The summed E-state index contributed by atoms with van der Waals surface area (Å²) in [5.41, 5.74) is 0. The monoisotopic (exact) mass is 257 g/mol. The van der Waals surface area contributed by atoms with Crippen LogP contribution in [0.25, 0.3) is 0 Å². The summed E-state index contributed by atoms with van der Waals surface area (Å²) in [4.78, 5) is 12.3. The lowest BCUT2D eigenvalue weighted by Crippen LogP contribution is -2.39. The van der Waals surface area contributed by atoms with Crippen LogP contribution in [0.4, 0.5) is 4.39 Å². The van der Waals surface area contributed by atoms with Gasteiger partial charge in [0.1, 0.15) is 11.9 Å². The Balaban J connectivity index is 2.51. The van der Waals surface area contributed by atoms with Crippen molar-refractivity contribution in [2.75, 3.05) is 19.4 Å². The predicted molar refractivity (Wildman–Crippen MR) is 66.6 cm³/mol. The average molecular weight is 257 g/mol. The van der Waals surface area contributed by atoms with Crippen molar-refractivity contribution in [1.29, 1.82) is 0 Å². The zero-order valence-electron chi connectivity index (χ0n) is 9.90. The molecule has 1 aromatic carbocycles. The van der Waals surface area contributed by atoms with Gasteiger partial charge in [-0.2, -0.15) is 0 Å². The van der Waals surface area contributed by atoms with Crippen molar-refractivity contribution >= 4 is 17.7 Å². The molecule has 0 aliphatic rings. The minimum Gasteiger partial charge on any atom is -0.468 e. The molecule has 1 rings (SSSR count). The lowest BCUT2D eigenvalue weighted by atomic mass is 10.3. The number of hydrogen-bond donors (Lipinski definition) is 1. The van der Waals surface area contributed by atoms with Crippen LogP contribution in [0.2, 0.25) is 0 Å². The largest absolute Gasteiger partial charge is 0.468 e. The summed E-state index contributed by atoms with van der Waals surface area (Å²) in [6.07, 6.45) is 0. The zero-order chi connectivity index (χ0) is 12.7. The fraction of sp³-hybridized carbons (Fsp3) is 0.417. The van der Waals surface area contributed by atoms with Crippen LogP contribution < -0.4 is 5.32 Å². The molecule has 0 saturated carbocycles. The lowest BCUT2D eigenvalue weighted by Gasteiger charge is -2.14. The summed E-state index contributed by atoms with van der Waals surface area (Å²) in [6.45, 7) is 2.63. The third kappa shape index (κ3) is 4.75. The van der Waals surface area contributed by atoms with Gasteiger partial charge in [0.05, 0.1) is 7.11 Å². The van der Waals surface area contributed by atoms with Gasteiger partial charge in [-0.15, -0.1) is 11.8 Å². The van der Waals surface area contributed by atoms with Gasteiger partial charge in [-0.05, 0) is 30.8 Å². The van der Waals surface area contributed by atoms with Crippen molar-refractivity contribution in [2.24, 2.45) is 0 Å². The molecular weight excluding hydrogens is 241 g/mol. The molecule has 1 aromatic rings. The van der Waals surface area contributed by atoms with Crippen LogP contribution in [0.1, 0.15) is 6.92 Å². The highest BCUT2D eigenvalue weighted by Gasteiger charge is 2.17. The molecule has 0 spiro atoms. The molecule has 0 aliphatic carbocycles. The van der Waals surface area contributed by atoms with Crippen molar-refractivity contribution in [3.63, 3.8) is 0 Å². The minimum atomic E-state index is -0.333. The van der Waals surface area contributed by atoms with Crippen LogP contribution in [-0.4, -0.2) is 31.4 Å². The fourth-order valence-corrected chi connectivity index (χ4v) is 2.25. The van der Waals surface area contributed by atoms with Gasteiger partial charge in [-0.25, -0.2) is 4.39 Å². The van der Waals surface area contributed by atoms with Crippen LogP contribution >= 0.6 is 11.8 Å². The summed E-state index contributed by atoms with van der Waals surface area (Å²) in [7, 11) is 1.37. The number of esters is 1. The first-order valence-corrected chi connectivity index (χ1v) is 6.35. The summed E-state index contributed by atoms with van der Waals surface area (Å²) in [5, 5.41) is 3.05. The average Bonchev–Trinajstić information content (AvgIpc) is 2.35. The van der Waals surface area contributed by atoms with Gasteiger partial charge in [0.2, 0.25) is 0 Å². The number of ether oxygens (including phenoxy) is 1. The van der Waals surface area contributed by atoms with E-state index < -0.39 is 0 Å². The molecule has 1 N–H and O–H groups in total. The second kappa shape index (κ2) is 7.29. The number of carbonyl (C=O) groups is 1. The molecular formula is C12H16FNO2S. The van der Waals surface area contributed by atoms with Crippen molar-refractivity contribution in [3.05, 3.63) is 30.1 Å². The number of likely N-dealkylation sites (N-methyl/N-ethyl adjacent to an activating group) is 1. The quantitative estimate of drug-likeness (QED) is 0.625. The number of benzene rings is 1. The van der Waals surface area contributed by atoms with E-state index in [0.717, 1.165) is 4.90 Å². The smallest absolute Gasteiger partial charge is 0.323 e. The van der Waals surface area contributed by atoms with Gasteiger partial charge in [0, 0.05) is 10.6 Å². The number of halogens is 1. The van der Waals surface area contributed by atoms with E-state index in [1.807, 2.05) is 6.92 Å². The Labute approximate surface area is 105 Å². The first-order valence-electron chi connectivity index (χ1n) is 5.37. The maximum Gasteiger partial charge on any atom is 0.323 e. The number of rotatable bonds is 6. The van der Waals surface area contributed by atoms with E-state index in [9.17, 15) is 9.18 Å². The summed E-state index contributed by atoms with van der Waals surface area (Å²) >= 11 is 1.49. The third-order valence-electron chi connectivity index (χ3n) is 2.17. The SMILES string of the molecule is CCNC(CSc1ccc(F)cc1)C(=O)OC. The number of methoxy groups -OCH3 is 1. The van der Waals surface area contributed by atoms with Crippen LogP contribution in [0, 0.1) is 5.82 Å². The molecule has 1 unspecified atom stereocenters. The van der Waals surface area contributed by atoms with Gasteiger partial charge in [-0.1, -0.05) is 6.92 Å². The normalized spacial score (nSPS) is 12.2. The summed E-state index contributed by atoms with van der Waals surface area (Å²) in [5.74, 6) is 0.0265. The van der Waals surface area contributed by atoms with Crippen LogP contribution in [0.15, 0.2) is 29.2 Å². The molecule has 0 saturated heterocycles. The molecule has 17 heavy (non-hydrogen) atoms. The molecule has 5 heteroatoms. The molecule has 0 bridgehead atoms. The standard InChI is InChI=1S/C12H16FNO2S/c1-3-14-11(12(15)16-2)8-17-10-6-4-9(13)5-7-10/h4-7,11,14H,3,8H2,1-2H3. The molecule has 94 valence electrons. The molecule has 0 aliphatic heterocycles. The molecule has 0 aromatic heterocycles. The van der Waals surface area contributed by atoms with Gasteiger partial charge in [0.25, 0.3) is 0 Å². The highest BCUT2D eigenvalue weighted by molar-refractivity contribution is 7.99. The van der Waals surface area contributed by atoms with Gasteiger partial charge >= 0.3 is 5.97 Å². The Bertz CT molecular complexity index is 356. The second-order valence-corrected chi connectivity index (χ2v) is 4.49. The molecule has 3 nitrogen and oxygen atoms in total. The highest BCUT2D eigenvalue weighted by Crippen LogP contribution is 2.19. The molecule has 0 amide bonds. The Morgan fingerprint density at radius 2 is 2.12 bits per heavy atom. The van der Waals surface area contributed by atoms with E-state index in [1.165, 1.54) is 31.0 Å². The Morgan fingerprint density at radius 1 is 1.47 bits per heavy atom. The lowest BCUT2D eigenvalue weighted by molar-refractivity contribution is -0.142. The van der Waals surface area contributed by atoms with E-state index in [2.05, 4.69) is 5.32 Å². The van der Waals surface area contributed by atoms with Gasteiger partial charge in [-0.3, -0.25) is 4.79 Å². The zero-order valence-corrected chi connectivity index (χ0v) is 10.7. The van der Waals surface area contributed by atoms with E-state index in [0.29, 0.717) is 12.3 Å². The van der Waals surface area contributed by atoms with Crippen molar-refractivity contribution in [3.8, 4) is 0 Å². The Hall–Kier alpha value is -1.07. The van der Waals surface area contributed by atoms with Crippen LogP contribution in [0.5, 0.6) is 0 Å². The summed E-state index contributed by atoms with van der Waals surface area (Å²) in [6, 6.07) is 5.87. The van der Waals surface area contributed by atoms with Crippen molar-refractivity contribution in [1.82, 2.24) is 5.32 Å². The third-order valence-corrected chi connectivity index (χ3v) is 3.27. The van der Waals surface area contributed by atoms with Gasteiger partial charge < -0.3 is 10.1 Å². The number of hydrogen-bond acceptors (Lipinski definition) is 4. The summed E-state index contributed by atoms with van der Waals surface area (Å²) < 4.78 is 17.4. The predicted octanol–water partition coefficient (Wildman–Crippen LogP) is 2.07. The van der Waals surface area contributed by atoms with Gasteiger partial charge in [0.15, 0.2) is 0 Å². The fourth-order valence-electron chi connectivity index (χ4n) is 1.31. The molecule has 0 heterocycles. The molecule has 1 atom stereocenters. The van der Waals surface area contributed by atoms with Crippen molar-refractivity contribution < 1.29 is 13.9 Å². The highest BCUT2D eigenvalue weighted by atomic mass is 32.2. The first kappa shape index (κ1) is 14.0. The number of nitrogens with one attached hydrogen (secondary N) is 1. The Kier molecular flexibility index (Phi) is 6.00. The van der Waals surface area contributed by atoms with E-state index >= 15 is 0 Å². The second-order valence-electron chi connectivity index (χ2n) is 3.40. The molecule has 0 fully saturated rings. The molecule has 0 radical (unpaired) electrons. The maximum absolute atomic E-state index is 12.7. The number of thioether (sulfide) groups is 1. The van der Waals surface area contributed by atoms with E-state index in [4.69, 9.17) is 4.74 Å². The van der Waals surface area contributed by atoms with E-state index in [1.54, 1.807) is 12.1 Å². The van der Waals surface area contributed by atoms with Crippen LogP contribution in [0.3, 0.4) is 0 Å². The number of carbonyl (C=O) groups excluding carboxylic acids is 1. The first-order chi connectivity index (χ1) is 8.17. The van der Waals surface area contributed by atoms with E-state index in [-0.39, 0.29) is 17.8 Å². The minimum absolute atomic E-state index is 0.259. The van der Waals surface area contributed by atoms with Crippen molar-refractivity contribution in [2.45, 2.75) is 17.9 Å². The topological polar surface area (TPSA) is 38.3 Å². The Morgan fingerprint density at radius 3 is 2.65 bits per heavy atom.